The lowest BCUT2D eigenvalue weighted by Crippen LogP contribution is -2.42. The van der Waals surface area contributed by atoms with Crippen molar-refractivity contribution in [3.63, 3.8) is 0 Å². The van der Waals surface area contributed by atoms with Crippen LogP contribution in [0.3, 0.4) is 0 Å². The molecular weight excluding hydrogens is 400 g/mol. The molecule has 1 fully saturated rings. The first-order valence-electron chi connectivity index (χ1n) is 10.1. The van der Waals surface area contributed by atoms with Gasteiger partial charge in [0.2, 0.25) is 15.9 Å². The van der Waals surface area contributed by atoms with Gasteiger partial charge in [0.05, 0.1) is 7.11 Å². The molecule has 0 radical (unpaired) electrons. The van der Waals surface area contributed by atoms with Gasteiger partial charge in [0.25, 0.3) is 0 Å². The molecule has 3 rings (SSSR count). The number of ether oxygens (including phenoxy) is 1. The Kier molecular flexibility index (Phi) is 7.65. The fraction of sp³-hybridized carbons (Fsp3) is 0.348. The van der Waals surface area contributed by atoms with Gasteiger partial charge >= 0.3 is 0 Å². The third kappa shape index (κ3) is 6.18. The number of rotatable bonds is 8. The minimum Gasteiger partial charge on any atom is -0.497 e. The van der Waals surface area contributed by atoms with Gasteiger partial charge in [-0.15, -0.1) is 0 Å². The van der Waals surface area contributed by atoms with Crippen LogP contribution in [-0.2, 0) is 21.2 Å². The zero-order chi connectivity index (χ0) is 21.4. The Bertz CT molecular complexity index is 948. The Morgan fingerprint density at radius 2 is 1.77 bits per heavy atom. The van der Waals surface area contributed by atoms with E-state index in [0.717, 1.165) is 23.3 Å². The summed E-state index contributed by atoms with van der Waals surface area (Å²) in [6, 6.07) is 17.1. The molecule has 7 heteroatoms. The van der Waals surface area contributed by atoms with Gasteiger partial charge in [-0.3, -0.25) is 4.79 Å². The lowest BCUT2D eigenvalue weighted by molar-refractivity contribution is -0.126. The summed E-state index contributed by atoms with van der Waals surface area (Å²) in [6.45, 7) is 1.28. The molecule has 0 spiro atoms. The topological polar surface area (TPSA) is 75.7 Å². The van der Waals surface area contributed by atoms with Crippen LogP contribution >= 0.6 is 0 Å². The monoisotopic (exact) mass is 428 g/mol. The predicted octanol–water partition coefficient (Wildman–Crippen LogP) is 3.07. The highest BCUT2D eigenvalue weighted by molar-refractivity contribution is 7.92. The molecule has 0 bridgehead atoms. The molecule has 1 aliphatic rings. The van der Waals surface area contributed by atoms with E-state index in [2.05, 4.69) is 5.32 Å². The number of benzene rings is 2. The third-order valence-corrected chi connectivity index (χ3v) is 6.85. The first-order valence-corrected chi connectivity index (χ1v) is 11.6. The van der Waals surface area contributed by atoms with E-state index in [9.17, 15) is 13.2 Å². The number of hydrogen-bond donors (Lipinski definition) is 1. The van der Waals surface area contributed by atoms with E-state index >= 15 is 0 Å². The fourth-order valence-corrected chi connectivity index (χ4v) is 4.67. The highest BCUT2D eigenvalue weighted by Gasteiger charge is 2.29. The van der Waals surface area contributed by atoms with E-state index in [-0.39, 0.29) is 11.8 Å². The number of sulfonamides is 1. The van der Waals surface area contributed by atoms with Crippen molar-refractivity contribution in [2.24, 2.45) is 5.92 Å². The predicted molar refractivity (Wildman–Crippen MR) is 118 cm³/mol. The van der Waals surface area contributed by atoms with Crippen molar-refractivity contribution in [2.45, 2.75) is 19.3 Å². The molecule has 1 saturated heterocycles. The van der Waals surface area contributed by atoms with Crippen LogP contribution in [0.5, 0.6) is 5.75 Å². The molecule has 1 N–H and O–H groups in total. The molecule has 1 aliphatic heterocycles. The van der Waals surface area contributed by atoms with Gasteiger partial charge in [-0.05, 0) is 48.6 Å². The summed E-state index contributed by atoms with van der Waals surface area (Å²) in [4.78, 5) is 12.4. The molecule has 160 valence electrons. The average molecular weight is 429 g/mol. The molecule has 30 heavy (non-hydrogen) atoms. The second-order valence-electron chi connectivity index (χ2n) is 7.32. The number of nitrogens with one attached hydrogen (secondary N) is 1. The maximum Gasteiger partial charge on any atom is 0.236 e. The number of carbonyl (C=O) groups is 1. The number of carbonyl (C=O) groups excluding carboxylic acids is 1. The van der Waals surface area contributed by atoms with Crippen molar-refractivity contribution in [2.75, 3.05) is 26.7 Å². The number of hydrogen-bond acceptors (Lipinski definition) is 4. The largest absolute Gasteiger partial charge is 0.497 e. The van der Waals surface area contributed by atoms with Gasteiger partial charge in [-0.1, -0.05) is 42.5 Å². The lowest BCUT2D eigenvalue weighted by atomic mass is 9.97. The zero-order valence-electron chi connectivity index (χ0n) is 17.2. The summed E-state index contributed by atoms with van der Waals surface area (Å²) in [6.07, 6.45) is 3.42. The van der Waals surface area contributed by atoms with E-state index in [1.807, 2.05) is 54.6 Å². The van der Waals surface area contributed by atoms with Crippen LogP contribution in [-0.4, -0.2) is 45.4 Å². The van der Waals surface area contributed by atoms with Gasteiger partial charge in [0.15, 0.2) is 0 Å². The SMILES string of the molecule is COc1ccc(CCNC(=O)C2CCN(S(=O)(=O)/C=C/c3ccccc3)CC2)cc1. The van der Waals surface area contributed by atoms with Gasteiger partial charge in [0, 0.05) is 31.0 Å². The van der Waals surface area contributed by atoms with Gasteiger partial charge in [-0.2, -0.15) is 4.31 Å². The Morgan fingerprint density at radius 1 is 1.10 bits per heavy atom. The molecule has 6 nitrogen and oxygen atoms in total. The number of piperidine rings is 1. The van der Waals surface area contributed by atoms with E-state index in [0.29, 0.717) is 32.5 Å². The maximum atomic E-state index is 12.5. The standard InChI is InChI=1S/C23H28N2O4S/c1-29-22-9-7-20(8-10-22)11-15-24-23(26)21-12-16-25(17-13-21)30(27,28)18-14-19-5-3-2-4-6-19/h2-10,14,18,21H,11-13,15-17H2,1H3,(H,24,26)/b18-14+. The van der Waals surface area contributed by atoms with Crippen LogP contribution in [0.15, 0.2) is 60.0 Å². The van der Waals surface area contributed by atoms with Crippen molar-refractivity contribution in [3.05, 3.63) is 71.1 Å². The smallest absolute Gasteiger partial charge is 0.236 e. The second-order valence-corrected chi connectivity index (χ2v) is 9.14. The second kappa shape index (κ2) is 10.4. The van der Waals surface area contributed by atoms with E-state index in [1.54, 1.807) is 13.2 Å². The molecule has 1 amide bonds. The van der Waals surface area contributed by atoms with Gasteiger partial charge in [0.1, 0.15) is 5.75 Å². The first-order chi connectivity index (χ1) is 14.5. The molecular formula is C23H28N2O4S. The molecule has 0 unspecified atom stereocenters. The van der Waals surface area contributed by atoms with Crippen molar-refractivity contribution in [3.8, 4) is 5.75 Å². The summed E-state index contributed by atoms with van der Waals surface area (Å²) in [7, 11) is -1.85. The number of methoxy groups -OCH3 is 1. The Labute approximate surface area is 178 Å². The first kappa shape index (κ1) is 22.1. The average Bonchev–Trinajstić information content (AvgIpc) is 2.79. The minimum atomic E-state index is -3.48. The molecule has 1 heterocycles. The van der Waals surface area contributed by atoms with Crippen molar-refractivity contribution in [1.82, 2.24) is 9.62 Å². The van der Waals surface area contributed by atoms with Crippen molar-refractivity contribution < 1.29 is 17.9 Å². The highest BCUT2D eigenvalue weighted by Crippen LogP contribution is 2.21. The van der Waals surface area contributed by atoms with Crippen LogP contribution in [0.1, 0.15) is 24.0 Å². The third-order valence-electron chi connectivity index (χ3n) is 5.29. The Morgan fingerprint density at radius 3 is 2.40 bits per heavy atom. The molecule has 2 aromatic carbocycles. The van der Waals surface area contributed by atoms with Gasteiger partial charge < -0.3 is 10.1 Å². The lowest BCUT2D eigenvalue weighted by Gasteiger charge is -2.29. The van der Waals surface area contributed by atoms with E-state index < -0.39 is 10.0 Å². The molecule has 2 aromatic rings. The molecule has 0 aliphatic carbocycles. The van der Waals surface area contributed by atoms with Gasteiger partial charge in [-0.25, -0.2) is 8.42 Å². The maximum absolute atomic E-state index is 12.5. The minimum absolute atomic E-state index is 0.000359. The van der Waals surface area contributed by atoms with Crippen molar-refractivity contribution in [1.29, 1.82) is 0 Å². The summed E-state index contributed by atoms with van der Waals surface area (Å²) in [5.74, 6) is 0.661. The molecule has 0 aromatic heterocycles. The van der Waals surface area contributed by atoms with Crippen LogP contribution in [0.2, 0.25) is 0 Å². The summed E-state index contributed by atoms with van der Waals surface area (Å²) < 4.78 is 31.7. The Balaban J connectivity index is 1.43. The van der Waals surface area contributed by atoms with E-state index in [1.165, 1.54) is 9.71 Å². The highest BCUT2D eigenvalue weighted by atomic mass is 32.2. The summed E-state index contributed by atoms with van der Waals surface area (Å²) in [5.41, 5.74) is 1.97. The normalized spacial score (nSPS) is 15.9. The Hall–Kier alpha value is -2.64. The number of amides is 1. The molecule has 0 saturated carbocycles. The fourth-order valence-electron chi connectivity index (χ4n) is 3.45. The summed E-state index contributed by atoms with van der Waals surface area (Å²) >= 11 is 0. The quantitative estimate of drug-likeness (QED) is 0.701. The van der Waals surface area contributed by atoms with Crippen LogP contribution in [0.25, 0.3) is 6.08 Å². The van der Waals surface area contributed by atoms with Crippen LogP contribution < -0.4 is 10.1 Å². The van der Waals surface area contributed by atoms with Crippen LogP contribution in [0.4, 0.5) is 0 Å². The summed E-state index contributed by atoms with van der Waals surface area (Å²) in [5, 5.41) is 4.23. The van der Waals surface area contributed by atoms with Crippen molar-refractivity contribution >= 4 is 22.0 Å². The van der Waals surface area contributed by atoms with Crippen LogP contribution in [0, 0.1) is 5.92 Å². The van der Waals surface area contributed by atoms with E-state index in [4.69, 9.17) is 4.74 Å². The molecule has 0 atom stereocenters. The number of nitrogens with zero attached hydrogens (tertiary/aromatic N) is 1. The zero-order valence-corrected chi connectivity index (χ0v) is 18.0.